The number of carbonyl (C=O) groups is 1. The van der Waals surface area contributed by atoms with E-state index in [-0.39, 0.29) is 18.6 Å². The van der Waals surface area contributed by atoms with Gasteiger partial charge in [0.1, 0.15) is 0 Å². The summed E-state index contributed by atoms with van der Waals surface area (Å²) in [6.45, 7) is 2.37. The Morgan fingerprint density at radius 1 is 1.80 bits per heavy atom. The van der Waals surface area contributed by atoms with Gasteiger partial charge in [0, 0.05) is 25.1 Å². The Bertz CT molecular complexity index is 148. The fourth-order valence-electron chi connectivity index (χ4n) is 1.15. The largest absolute Gasteiger partial charge is 0.465 e. The molecule has 0 aliphatic carbocycles. The van der Waals surface area contributed by atoms with E-state index in [2.05, 4.69) is 0 Å². The second kappa shape index (κ2) is 2.46. The van der Waals surface area contributed by atoms with Gasteiger partial charge in [0.2, 0.25) is 0 Å². The summed E-state index contributed by atoms with van der Waals surface area (Å²) in [5.74, 6) is 0.149. The van der Waals surface area contributed by atoms with Gasteiger partial charge in [0.05, 0.1) is 0 Å². The molecule has 1 rings (SSSR count). The van der Waals surface area contributed by atoms with Gasteiger partial charge in [0.15, 0.2) is 0 Å². The average Bonchev–Trinajstić information content (AvgIpc) is 1.85. The molecule has 10 heavy (non-hydrogen) atoms. The van der Waals surface area contributed by atoms with Crippen molar-refractivity contribution in [1.29, 1.82) is 0 Å². The number of hydrogen-bond acceptors (Lipinski definition) is 2. The van der Waals surface area contributed by atoms with E-state index in [1.165, 1.54) is 4.90 Å². The van der Waals surface area contributed by atoms with Gasteiger partial charge in [-0.3, -0.25) is 0 Å². The predicted octanol–water partition coefficient (Wildman–Crippen LogP) is -0.0230. The Morgan fingerprint density at radius 3 is 2.70 bits per heavy atom. The highest BCUT2D eigenvalue weighted by molar-refractivity contribution is 5.66. The molecule has 1 saturated heterocycles. The molecule has 0 aromatic rings. The molecule has 0 saturated carbocycles. The fraction of sp³-hybridized carbons (Fsp3) is 0.833. The second-order valence-electron chi connectivity index (χ2n) is 2.62. The Hall–Kier alpha value is -0.770. The normalized spacial score (nSPS) is 31.6. The van der Waals surface area contributed by atoms with Gasteiger partial charge in [-0.2, -0.15) is 0 Å². The van der Waals surface area contributed by atoms with Crippen LogP contribution in [-0.4, -0.2) is 40.4 Å². The van der Waals surface area contributed by atoms with Crippen LogP contribution in [0.5, 0.6) is 0 Å². The minimum Gasteiger partial charge on any atom is -0.465 e. The van der Waals surface area contributed by atoms with Crippen LogP contribution in [0.25, 0.3) is 0 Å². The van der Waals surface area contributed by atoms with Crippen LogP contribution in [0.15, 0.2) is 0 Å². The molecule has 2 atom stereocenters. The van der Waals surface area contributed by atoms with Gasteiger partial charge in [-0.15, -0.1) is 0 Å². The van der Waals surface area contributed by atoms with Crippen LogP contribution in [0.3, 0.4) is 0 Å². The van der Waals surface area contributed by atoms with Gasteiger partial charge >= 0.3 is 6.09 Å². The van der Waals surface area contributed by atoms with Crippen LogP contribution in [0, 0.1) is 5.92 Å². The van der Waals surface area contributed by atoms with Crippen LogP contribution in [0.4, 0.5) is 4.79 Å². The van der Waals surface area contributed by atoms with Crippen LogP contribution in [-0.2, 0) is 0 Å². The lowest BCUT2D eigenvalue weighted by molar-refractivity contribution is 0.00504. The number of amides is 1. The van der Waals surface area contributed by atoms with E-state index in [0.29, 0.717) is 6.54 Å². The van der Waals surface area contributed by atoms with E-state index >= 15 is 0 Å². The first-order valence-electron chi connectivity index (χ1n) is 3.27. The first kappa shape index (κ1) is 7.34. The second-order valence-corrected chi connectivity index (χ2v) is 2.62. The minimum absolute atomic E-state index is 0.0116. The van der Waals surface area contributed by atoms with Crippen molar-refractivity contribution in [3.63, 3.8) is 0 Å². The molecule has 1 aliphatic rings. The summed E-state index contributed by atoms with van der Waals surface area (Å²) in [5, 5.41) is 17.1. The Morgan fingerprint density at radius 2 is 2.40 bits per heavy atom. The molecular weight excluding hydrogens is 134 g/mol. The number of carboxylic acid groups (broad SMARTS) is 1. The smallest absolute Gasteiger partial charge is 0.407 e. The monoisotopic (exact) mass is 145 g/mol. The highest BCUT2D eigenvalue weighted by Gasteiger charge is 2.37. The molecule has 0 aromatic heterocycles. The van der Waals surface area contributed by atoms with E-state index < -0.39 is 6.09 Å². The molecule has 1 amide bonds. The maximum Gasteiger partial charge on any atom is 0.407 e. The van der Waals surface area contributed by atoms with Crippen molar-refractivity contribution in [3.05, 3.63) is 0 Å². The summed E-state index contributed by atoms with van der Waals surface area (Å²) >= 11 is 0. The number of rotatable bonds is 1. The summed E-state index contributed by atoms with van der Waals surface area (Å²) in [7, 11) is 0. The standard InChI is InChI=1S/C6H11NO3/c1-4-5(3-8)2-7(4)6(9)10/h4-5,8H,2-3H2,1H3,(H,9,10)/t4-,5-/m1/s1. The summed E-state index contributed by atoms with van der Waals surface area (Å²) in [4.78, 5) is 11.6. The summed E-state index contributed by atoms with van der Waals surface area (Å²) in [6, 6.07) is -0.0116. The van der Waals surface area contributed by atoms with Crippen LogP contribution < -0.4 is 0 Å². The van der Waals surface area contributed by atoms with Crippen molar-refractivity contribution < 1.29 is 15.0 Å². The van der Waals surface area contributed by atoms with Crippen molar-refractivity contribution in [2.75, 3.05) is 13.2 Å². The highest BCUT2D eigenvalue weighted by atomic mass is 16.4. The van der Waals surface area contributed by atoms with Crippen molar-refractivity contribution in [2.24, 2.45) is 5.92 Å². The molecule has 0 spiro atoms. The molecule has 4 nitrogen and oxygen atoms in total. The predicted molar refractivity (Wildman–Crippen MR) is 34.8 cm³/mol. The van der Waals surface area contributed by atoms with Gasteiger partial charge in [-0.25, -0.2) is 4.79 Å². The molecule has 1 aliphatic heterocycles. The third-order valence-corrected chi connectivity index (χ3v) is 2.09. The number of aliphatic hydroxyl groups is 1. The average molecular weight is 145 g/mol. The first-order valence-corrected chi connectivity index (χ1v) is 3.27. The van der Waals surface area contributed by atoms with Gasteiger partial charge < -0.3 is 15.1 Å². The summed E-state index contributed by atoms with van der Waals surface area (Å²) in [6.07, 6.45) is -0.891. The minimum atomic E-state index is -0.891. The Balaban J connectivity index is 2.39. The quantitative estimate of drug-likeness (QED) is 0.545. The van der Waals surface area contributed by atoms with Gasteiger partial charge in [-0.05, 0) is 6.92 Å². The van der Waals surface area contributed by atoms with Crippen LogP contribution >= 0.6 is 0 Å². The van der Waals surface area contributed by atoms with Gasteiger partial charge in [0.25, 0.3) is 0 Å². The number of hydrogen-bond donors (Lipinski definition) is 2. The lowest BCUT2D eigenvalue weighted by Gasteiger charge is -2.43. The highest BCUT2D eigenvalue weighted by Crippen LogP contribution is 2.23. The van der Waals surface area contributed by atoms with E-state index in [9.17, 15) is 4.79 Å². The Labute approximate surface area is 59.1 Å². The third kappa shape index (κ3) is 0.945. The summed E-state index contributed by atoms with van der Waals surface area (Å²) in [5.41, 5.74) is 0. The molecule has 2 N–H and O–H groups in total. The van der Waals surface area contributed by atoms with Crippen LogP contribution in [0.1, 0.15) is 6.92 Å². The van der Waals surface area contributed by atoms with Crippen molar-refractivity contribution in [3.8, 4) is 0 Å². The Kier molecular flexibility index (Phi) is 1.80. The van der Waals surface area contributed by atoms with E-state index in [1.54, 1.807) is 6.92 Å². The molecule has 0 bridgehead atoms. The third-order valence-electron chi connectivity index (χ3n) is 2.09. The molecule has 0 unspecified atom stereocenters. The zero-order chi connectivity index (χ0) is 7.72. The van der Waals surface area contributed by atoms with E-state index in [0.717, 1.165) is 0 Å². The topological polar surface area (TPSA) is 60.8 Å². The fourth-order valence-corrected chi connectivity index (χ4v) is 1.15. The molecular formula is C6H11NO3. The zero-order valence-corrected chi connectivity index (χ0v) is 5.82. The molecule has 1 fully saturated rings. The van der Waals surface area contributed by atoms with E-state index in [1.807, 2.05) is 0 Å². The molecule has 0 radical (unpaired) electrons. The zero-order valence-electron chi connectivity index (χ0n) is 5.82. The van der Waals surface area contributed by atoms with Crippen LogP contribution in [0.2, 0.25) is 0 Å². The number of aliphatic hydroxyl groups excluding tert-OH is 1. The molecule has 0 aromatic carbocycles. The van der Waals surface area contributed by atoms with Crippen molar-refractivity contribution >= 4 is 6.09 Å². The maximum absolute atomic E-state index is 10.3. The molecule has 1 heterocycles. The first-order chi connectivity index (χ1) is 4.66. The van der Waals surface area contributed by atoms with E-state index in [4.69, 9.17) is 10.2 Å². The lowest BCUT2D eigenvalue weighted by Crippen LogP contribution is -2.57. The summed E-state index contributed by atoms with van der Waals surface area (Å²) < 4.78 is 0. The molecule has 4 heteroatoms. The van der Waals surface area contributed by atoms with Crippen molar-refractivity contribution in [2.45, 2.75) is 13.0 Å². The maximum atomic E-state index is 10.3. The van der Waals surface area contributed by atoms with Gasteiger partial charge in [-0.1, -0.05) is 0 Å². The number of likely N-dealkylation sites (tertiary alicyclic amines) is 1. The number of nitrogens with zero attached hydrogens (tertiary/aromatic N) is 1. The van der Waals surface area contributed by atoms with Crippen molar-refractivity contribution in [1.82, 2.24) is 4.90 Å². The molecule has 58 valence electrons. The lowest BCUT2D eigenvalue weighted by atomic mass is 9.91. The SMILES string of the molecule is C[C@@H]1[C@@H](CO)CN1C(=O)O.